The van der Waals surface area contributed by atoms with Gasteiger partial charge in [-0.3, -0.25) is 0 Å². The molecule has 0 radical (unpaired) electrons. The summed E-state index contributed by atoms with van der Waals surface area (Å²) in [6, 6.07) is 0.0572. The van der Waals surface area contributed by atoms with Crippen molar-refractivity contribution in [2.45, 2.75) is 13.3 Å². The summed E-state index contributed by atoms with van der Waals surface area (Å²) in [5, 5.41) is -2.60. The highest BCUT2D eigenvalue weighted by atomic mass is 19.2. The standard InChI is InChI=1S/C13H8F6O/c1-2-3-20-13-11(18)7-5(14)4-6(15)9(16)8(7)10(17)12(13)19/h4H,2-3H2,1H3. The molecule has 0 aliphatic heterocycles. The molecular formula is C13H8F6O. The van der Waals surface area contributed by atoms with Crippen molar-refractivity contribution in [2.24, 2.45) is 0 Å². The Morgan fingerprint density at radius 2 is 1.45 bits per heavy atom. The number of hydrogen-bond donors (Lipinski definition) is 0. The smallest absolute Gasteiger partial charge is 0.204 e. The summed E-state index contributed by atoms with van der Waals surface area (Å²) >= 11 is 0. The Hall–Kier alpha value is -1.92. The molecule has 0 amide bonds. The van der Waals surface area contributed by atoms with Gasteiger partial charge in [-0.25, -0.2) is 22.0 Å². The summed E-state index contributed by atoms with van der Waals surface area (Å²) in [6.07, 6.45) is 0.360. The van der Waals surface area contributed by atoms with Crippen molar-refractivity contribution in [3.63, 3.8) is 0 Å². The van der Waals surface area contributed by atoms with Crippen molar-refractivity contribution >= 4 is 10.8 Å². The van der Waals surface area contributed by atoms with Crippen LogP contribution in [0.4, 0.5) is 26.3 Å². The van der Waals surface area contributed by atoms with Crippen LogP contribution in [0.2, 0.25) is 0 Å². The van der Waals surface area contributed by atoms with E-state index in [1.807, 2.05) is 0 Å². The van der Waals surface area contributed by atoms with E-state index in [0.29, 0.717) is 6.42 Å². The lowest BCUT2D eigenvalue weighted by Gasteiger charge is -2.12. The zero-order chi connectivity index (χ0) is 15.0. The van der Waals surface area contributed by atoms with Crippen LogP contribution in [-0.2, 0) is 0 Å². The molecule has 0 atom stereocenters. The van der Waals surface area contributed by atoms with E-state index in [2.05, 4.69) is 4.74 Å². The Balaban J connectivity index is 2.89. The number of fused-ring (bicyclic) bond motifs is 1. The number of halogens is 6. The van der Waals surface area contributed by atoms with Gasteiger partial charge in [-0.1, -0.05) is 6.92 Å². The van der Waals surface area contributed by atoms with Crippen molar-refractivity contribution in [1.29, 1.82) is 0 Å². The molecule has 0 heterocycles. The lowest BCUT2D eigenvalue weighted by atomic mass is 10.1. The van der Waals surface area contributed by atoms with Crippen LogP contribution in [0.25, 0.3) is 10.8 Å². The maximum Gasteiger partial charge on any atom is 0.204 e. The molecule has 0 spiro atoms. The third-order valence-electron chi connectivity index (χ3n) is 2.65. The van der Waals surface area contributed by atoms with Gasteiger partial charge >= 0.3 is 0 Å². The lowest BCUT2D eigenvalue weighted by molar-refractivity contribution is 0.280. The quantitative estimate of drug-likeness (QED) is 0.600. The van der Waals surface area contributed by atoms with E-state index >= 15 is 0 Å². The summed E-state index contributed by atoms with van der Waals surface area (Å²) in [5.41, 5.74) is 0. The van der Waals surface area contributed by atoms with Crippen LogP contribution < -0.4 is 4.74 Å². The molecule has 2 aromatic rings. The number of benzene rings is 2. The van der Waals surface area contributed by atoms with Gasteiger partial charge in [0.2, 0.25) is 5.82 Å². The highest BCUT2D eigenvalue weighted by Crippen LogP contribution is 2.36. The van der Waals surface area contributed by atoms with E-state index in [-0.39, 0.29) is 12.7 Å². The van der Waals surface area contributed by atoms with E-state index in [1.54, 1.807) is 6.92 Å². The number of hydrogen-bond acceptors (Lipinski definition) is 1. The van der Waals surface area contributed by atoms with Crippen LogP contribution in [0.1, 0.15) is 13.3 Å². The van der Waals surface area contributed by atoms with Crippen LogP contribution in [0, 0.1) is 34.9 Å². The molecule has 0 unspecified atom stereocenters. The van der Waals surface area contributed by atoms with Gasteiger partial charge in [-0.2, -0.15) is 4.39 Å². The second kappa shape index (κ2) is 5.22. The molecule has 108 valence electrons. The first-order valence-electron chi connectivity index (χ1n) is 5.66. The largest absolute Gasteiger partial charge is 0.488 e. The SMILES string of the molecule is CCCOc1c(F)c(F)c2c(F)c(F)cc(F)c2c1F. The van der Waals surface area contributed by atoms with Crippen LogP contribution >= 0.6 is 0 Å². The minimum Gasteiger partial charge on any atom is -0.488 e. The van der Waals surface area contributed by atoms with Gasteiger partial charge in [-0.15, -0.1) is 0 Å². The molecule has 0 aliphatic rings. The lowest BCUT2D eigenvalue weighted by Crippen LogP contribution is -2.06. The van der Waals surface area contributed by atoms with Gasteiger partial charge in [-0.05, 0) is 6.42 Å². The topological polar surface area (TPSA) is 9.23 Å². The summed E-state index contributed by atoms with van der Waals surface area (Å²) in [7, 11) is 0. The average Bonchev–Trinajstić information content (AvgIpc) is 2.40. The molecule has 0 aromatic heterocycles. The highest BCUT2D eigenvalue weighted by molar-refractivity contribution is 5.87. The first-order chi connectivity index (χ1) is 9.40. The maximum absolute atomic E-state index is 13.9. The van der Waals surface area contributed by atoms with Gasteiger partial charge in [0.1, 0.15) is 5.82 Å². The fraction of sp³-hybridized carbons (Fsp3) is 0.231. The summed E-state index contributed by atoms with van der Waals surface area (Å²) in [5.74, 6) is -11.6. The molecule has 0 saturated heterocycles. The van der Waals surface area contributed by atoms with E-state index in [1.165, 1.54) is 0 Å². The molecule has 0 fully saturated rings. The molecule has 1 nitrogen and oxygen atoms in total. The van der Waals surface area contributed by atoms with Crippen LogP contribution in [0.3, 0.4) is 0 Å². The molecule has 0 aliphatic carbocycles. The third-order valence-corrected chi connectivity index (χ3v) is 2.65. The molecule has 0 bridgehead atoms. The van der Waals surface area contributed by atoms with Crippen LogP contribution in [0.15, 0.2) is 6.07 Å². The van der Waals surface area contributed by atoms with Gasteiger partial charge < -0.3 is 4.74 Å². The number of ether oxygens (including phenoxy) is 1. The number of rotatable bonds is 3. The summed E-state index contributed by atoms with van der Waals surface area (Å²) in [4.78, 5) is 0. The average molecular weight is 294 g/mol. The van der Waals surface area contributed by atoms with E-state index < -0.39 is 51.4 Å². The van der Waals surface area contributed by atoms with E-state index in [4.69, 9.17) is 0 Å². The van der Waals surface area contributed by atoms with Crippen LogP contribution in [0.5, 0.6) is 5.75 Å². The van der Waals surface area contributed by atoms with Gasteiger partial charge in [0.05, 0.1) is 17.4 Å². The fourth-order valence-electron chi connectivity index (χ4n) is 1.77. The fourth-order valence-corrected chi connectivity index (χ4v) is 1.77. The van der Waals surface area contributed by atoms with Crippen molar-refractivity contribution in [2.75, 3.05) is 6.61 Å². The minimum absolute atomic E-state index is 0.0572. The summed E-state index contributed by atoms with van der Waals surface area (Å²) < 4.78 is 85.8. The molecule has 20 heavy (non-hydrogen) atoms. The van der Waals surface area contributed by atoms with E-state index in [0.717, 1.165) is 0 Å². The molecule has 7 heteroatoms. The maximum atomic E-state index is 13.9. The van der Waals surface area contributed by atoms with Crippen molar-refractivity contribution < 1.29 is 31.1 Å². The normalized spacial score (nSPS) is 11.2. The second-order valence-corrected chi connectivity index (χ2v) is 4.02. The Morgan fingerprint density at radius 3 is 2.05 bits per heavy atom. The monoisotopic (exact) mass is 294 g/mol. The van der Waals surface area contributed by atoms with Gasteiger partial charge in [0.15, 0.2) is 29.0 Å². The highest BCUT2D eigenvalue weighted by Gasteiger charge is 2.27. The predicted molar refractivity (Wildman–Crippen MR) is 59.5 cm³/mol. The minimum atomic E-state index is -1.90. The second-order valence-electron chi connectivity index (χ2n) is 4.02. The van der Waals surface area contributed by atoms with Gasteiger partial charge in [0, 0.05) is 6.07 Å². The molecule has 0 saturated carbocycles. The zero-order valence-corrected chi connectivity index (χ0v) is 10.2. The summed E-state index contributed by atoms with van der Waals surface area (Å²) in [6.45, 7) is 1.48. The zero-order valence-electron chi connectivity index (χ0n) is 10.2. The Labute approximate surface area is 109 Å². The van der Waals surface area contributed by atoms with Gasteiger partial charge in [0.25, 0.3) is 0 Å². The predicted octanol–water partition coefficient (Wildman–Crippen LogP) is 4.46. The molecule has 0 N–H and O–H groups in total. The molecule has 2 aromatic carbocycles. The molecular weight excluding hydrogens is 286 g/mol. The first kappa shape index (κ1) is 14.5. The van der Waals surface area contributed by atoms with Crippen molar-refractivity contribution in [3.05, 3.63) is 41.0 Å². The molecule has 2 rings (SSSR count). The third kappa shape index (κ3) is 2.07. The van der Waals surface area contributed by atoms with Crippen molar-refractivity contribution in [3.8, 4) is 5.75 Å². The Kier molecular flexibility index (Phi) is 3.78. The Morgan fingerprint density at radius 1 is 0.800 bits per heavy atom. The van der Waals surface area contributed by atoms with Crippen molar-refractivity contribution in [1.82, 2.24) is 0 Å². The van der Waals surface area contributed by atoms with E-state index in [9.17, 15) is 26.3 Å². The van der Waals surface area contributed by atoms with Crippen LogP contribution in [-0.4, -0.2) is 6.61 Å². The first-order valence-corrected chi connectivity index (χ1v) is 5.66. The Bertz CT molecular complexity index is 683.